The van der Waals surface area contributed by atoms with E-state index in [0.29, 0.717) is 28.6 Å². The summed E-state index contributed by atoms with van der Waals surface area (Å²) in [7, 11) is 1.56. The second kappa shape index (κ2) is 5.32. The Morgan fingerprint density at radius 2 is 2.16 bits per heavy atom. The molecule has 5 nitrogen and oxygen atoms in total. The van der Waals surface area contributed by atoms with Crippen molar-refractivity contribution in [2.75, 3.05) is 12.8 Å². The van der Waals surface area contributed by atoms with Gasteiger partial charge in [0.05, 0.1) is 12.8 Å². The van der Waals surface area contributed by atoms with E-state index in [0.717, 1.165) is 0 Å². The number of hydrogen-bond donors (Lipinski definition) is 1. The van der Waals surface area contributed by atoms with Crippen LogP contribution in [0.3, 0.4) is 0 Å². The van der Waals surface area contributed by atoms with Crippen molar-refractivity contribution in [3.63, 3.8) is 0 Å². The van der Waals surface area contributed by atoms with Crippen molar-refractivity contribution in [2.45, 2.75) is 13.5 Å². The molecule has 0 saturated heterocycles. The summed E-state index contributed by atoms with van der Waals surface area (Å²) in [6.45, 7) is 2.27. The van der Waals surface area contributed by atoms with E-state index < -0.39 is 0 Å². The smallest absolute Gasteiger partial charge is 0.289 e. The lowest BCUT2D eigenvalue weighted by Gasteiger charge is -2.10. The molecule has 2 N–H and O–H groups in total. The molecule has 0 aliphatic carbocycles. The quantitative estimate of drug-likeness (QED) is 0.935. The third-order valence-corrected chi connectivity index (χ3v) is 2.97. The number of rotatable bonds is 3. The van der Waals surface area contributed by atoms with Crippen LogP contribution in [0.5, 0.6) is 5.75 Å². The van der Waals surface area contributed by atoms with Crippen LogP contribution in [0.1, 0.15) is 6.92 Å². The Morgan fingerprint density at radius 3 is 2.79 bits per heavy atom. The van der Waals surface area contributed by atoms with Gasteiger partial charge in [0.1, 0.15) is 11.4 Å². The lowest BCUT2D eigenvalue weighted by molar-refractivity contribution is 0.416. The number of methoxy groups -OCH3 is 1. The highest BCUT2D eigenvalue weighted by atomic mass is 35.5. The van der Waals surface area contributed by atoms with Crippen molar-refractivity contribution in [1.29, 1.82) is 0 Å². The van der Waals surface area contributed by atoms with Crippen LogP contribution in [-0.2, 0) is 6.54 Å². The average Bonchev–Trinajstić information content (AvgIpc) is 2.41. The van der Waals surface area contributed by atoms with Crippen LogP contribution in [0.4, 0.5) is 5.69 Å². The van der Waals surface area contributed by atoms with E-state index in [2.05, 4.69) is 5.10 Å². The molecule has 1 aromatic carbocycles. The van der Waals surface area contributed by atoms with Crippen LogP contribution in [0, 0.1) is 0 Å². The molecule has 0 amide bonds. The zero-order valence-electron chi connectivity index (χ0n) is 10.7. The largest absolute Gasteiger partial charge is 0.496 e. The SMILES string of the molecule is CCn1nc(-c2cc(Cl)ccc2OC)cc(N)c1=O. The van der Waals surface area contributed by atoms with Gasteiger partial charge in [0, 0.05) is 17.1 Å². The fourth-order valence-corrected chi connectivity index (χ4v) is 1.96. The molecule has 0 atom stereocenters. The van der Waals surface area contributed by atoms with E-state index in [1.165, 1.54) is 10.7 Å². The summed E-state index contributed by atoms with van der Waals surface area (Å²) in [4.78, 5) is 11.7. The van der Waals surface area contributed by atoms with Crippen LogP contribution >= 0.6 is 11.6 Å². The molecule has 0 radical (unpaired) electrons. The summed E-state index contributed by atoms with van der Waals surface area (Å²) in [6, 6.07) is 6.73. The normalized spacial score (nSPS) is 10.5. The number of ether oxygens (including phenoxy) is 1. The molecule has 0 saturated carbocycles. The fourth-order valence-electron chi connectivity index (χ4n) is 1.79. The van der Waals surface area contributed by atoms with Gasteiger partial charge in [-0.05, 0) is 31.2 Å². The van der Waals surface area contributed by atoms with Crippen LogP contribution in [0.2, 0.25) is 5.02 Å². The Labute approximate surface area is 115 Å². The summed E-state index contributed by atoms with van der Waals surface area (Å²) in [6.07, 6.45) is 0. The van der Waals surface area contributed by atoms with Crippen LogP contribution in [-0.4, -0.2) is 16.9 Å². The molecular formula is C13H14ClN3O2. The third kappa shape index (κ3) is 2.56. The predicted molar refractivity (Wildman–Crippen MR) is 75.6 cm³/mol. The van der Waals surface area contributed by atoms with E-state index in [1.54, 1.807) is 25.3 Å². The van der Waals surface area contributed by atoms with Gasteiger partial charge in [-0.2, -0.15) is 5.10 Å². The molecule has 0 fully saturated rings. The van der Waals surface area contributed by atoms with Crippen LogP contribution in [0.25, 0.3) is 11.3 Å². The molecular weight excluding hydrogens is 266 g/mol. The Hall–Kier alpha value is -2.01. The van der Waals surface area contributed by atoms with Gasteiger partial charge in [-0.25, -0.2) is 4.68 Å². The molecule has 2 rings (SSSR count). The van der Waals surface area contributed by atoms with Gasteiger partial charge in [0.25, 0.3) is 5.56 Å². The van der Waals surface area contributed by atoms with Crippen molar-refractivity contribution < 1.29 is 4.74 Å². The standard InChI is InChI=1S/C13H14ClN3O2/c1-3-17-13(18)10(15)7-11(16-17)9-6-8(14)4-5-12(9)19-2/h4-7H,3,15H2,1-2H3. The van der Waals surface area contributed by atoms with Crippen molar-refractivity contribution >= 4 is 17.3 Å². The van der Waals surface area contributed by atoms with Crippen molar-refractivity contribution in [1.82, 2.24) is 9.78 Å². The monoisotopic (exact) mass is 279 g/mol. The van der Waals surface area contributed by atoms with Crippen molar-refractivity contribution in [3.8, 4) is 17.0 Å². The maximum Gasteiger partial charge on any atom is 0.289 e. The number of nitrogen functional groups attached to an aromatic ring is 1. The molecule has 100 valence electrons. The fraction of sp³-hybridized carbons (Fsp3) is 0.231. The third-order valence-electron chi connectivity index (χ3n) is 2.74. The Morgan fingerprint density at radius 1 is 1.42 bits per heavy atom. The van der Waals surface area contributed by atoms with Gasteiger partial charge in [-0.1, -0.05) is 11.6 Å². The number of benzene rings is 1. The molecule has 0 bridgehead atoms. The Bertz CT molecular complexity index is 667. The van der Waals surface area contributed by atoms with Gasteiger partial charge in [-0.15, -0.1) is 0 Å². The maximum absolute atomic E-state index is 11.7. The average molecular weight is 280 g/mol. The molecule has 0 aliphatic heterocycles. The number of aryl methyl sites for hydroxylation is 1. The first kappa shape index (κ1) is 13.4. The number of halogens is 1. The summed E-state index contributed by atoms with van der Waals surface area (Å²) < 4.78 is 6.58. The zero-order valence-corrected chi connectivity index (χ0v) is 11.4. The lowest BCUT2D eigenvalue weighted by atomic mass is 10.1. The number of aromatic nitrogens is 2. The highest BCUT2D eigenvalue weighted by molar-refractivity contribution is 6.30. The highest BCUT2D eigenvalue weighted by Crippen LogP contribution is 2.31. The zero-order chi connectivity index (χ0) is 14.0. The van der Waals surface area contributed by atoms with Gasteiger partial charge >= 0.3 is 0 Å². The second-order valence-electron chi connectivity index (χ2n) is 3.95. The minimum absolute atomic E-state index is 0.147. The molecule has 1 heterocycles. The number of nitrogens with zero attached hydrogens (tertiary/aromatic N) is 2. The van der Waals surface area contributed by atoms with E-state index in [-0.39, 0.29) is 11.2 Å². The minimum Gasteiger partial charge on any atom is -0.496 e. The molecule has 0 aliphatic rings. The summed E-state index contributed by atoms with van der Waals surface area (Å²) in [5.41, 5.74) is 6.82. The van der Waals surface area contributed by atoms with Gasteiger partial charge in [0.2, 0.25) is 0 Å². The lowest BCUT2D eigenvalue weighted by Crippen LogP contribution is -2.25. The molecule has 6 heteroatoms. The van der Waals surface area contributed by atoms with Gasteiger partial charge in [-0.3, -0.25) is 4.79 Å². The highest BCUT2D eigenvalue weighted by Gasteiger charge is 2.11. The first-order chi connectivity index (χ1) is 9.06. The van der Waals surface area contributed by atoms with Crippen LogP contribution in [0.15, 0.2) is 29.1 Å². The van der Waals surface area contributed by atoms with Crippen molar-refractivity contribution in [3.05, 3.63) is 39.6 Å². The molecule has 19 heavy (non-hydrogen) atoms. The van der Waals surface area contributed by atoms with E-state index in [4.69, 9.17) is 22.1 Å². The first-order valence-electron chi connectivity index (χ1n) is 5.78. The predicted octanol–water partition coefficient (Wildman–Crippen LogP) is 2.17. The van der Waals surface area contributed by atoms with E-state index in [1.807, 2.05) is 6.92 Å². The molecule has 2 aromatic rings. The Kier molecular flexibility index (Phi) is 3.76. The van der Waals surface area contributed by atoms with Gasteiger partial charge < -0.3 is 10.5 Å². The number of anilines is 1. The maximum atomic E-state index is 11.7. The van der Waals surface area contributed by atoms with E-state index >= 15 is 0 Å². The number of nitrogens with two attached hydrogens (primary N) is 1. The molecule has 0 spiro atoms. The molecule has 0 unspecified atom stereocenters. The summed E-state index contributed by atoms with van der Waals surface area (Å²) in [5.74, 6) is 0.623. The van der Waals surface area contributed by atoms with Gasteiger partial charge in [0.15, 0.2) is 0 Å². The number of hydrogen-bond acceptors (Lipinski definition) is 4. The second-order valence-corrected chi connectivity index (χ2v) is 4.39. The van der Waals surface area contributed by atoms with E-state index in [9.17, 15) is 4.79 Å². The topological polar surface area (TPSA) is 70.1 Å². The molecule has 1 aromatic heterocycles. The minimum atomic E-state index is -0.299. The van der Waals surface area contributed by atoms with Crippen LogP contribution < -0.4 is 16.0 Å². The Balaban J connectivity index is 2.68. The van der Waals surface area contributed by atoms with Crippen molar-refractivity contribution in [2.24, 2.45) is 0 Å². The summed E-state index contributed by atoms with van der Waals surface area (Å²) >= 11 is 5.99. The summed E-state index contributed by atoms with van der Waals surface area (Å²) in [5, 5.41) is 4.82. The first-order valence-corrected chi connectivity index (χ1v) is 6.16.